The van der Waals surface area contributed by atoms with Crippen LogP contribution in [0.1, 0.15) is 6.92 Å². The van der Waals surface area contributed by atoms with E-state index in [0.717, 1.165) is 5.06 Å². The van der Waals surface area contributed by atoms with Crippen LogP contribution >= 0.6 is 0 Å². The fourth-order valence-corrected chi connectivity index (χ4v) is 2.90. The van der Waals surface area contributed by atoms with Gasteiger partial charge in [0.25, 0.3) is 5.91 Å². The van der Waals surface area contributed by atoms with Crippen molar-refractivity contribution in [1.82, 2.24) is 5.06 Å². The van der Waals surface area contributed by atoms with Crippen LogP contribution in [0.3, 0.4) is 0 Å². The molecule has 0 bridgehead atoms. The summed E-state index contributed by atoms with van der Waals surface area (Å²) in [7, 11) is 0. The Morgan fingerprint density at radius 3 is 2.80 bits per heavy atom. The number of anilines is 2. The number of aliphatic hydroxyl groups is 1. The summed E-state index contributed by atoms with van der Waals surface area (Å²) in [6, 6.07) is 4.57. The number of benzene rings is 1. The van der Waals surface area contributed by atoms with Crippen LogP contribution in [0, 0.1) is 5.82 Å². The Morgan fingerprint density at radius 2 is 2.16 bits per heavy atom. The first kappa shape index (κ1) is 17.4. The number of halogens is 1. The molecule has 0 spiro atoms. The van der Waals surface area contributed by atoms with Gasteiger partial charge in [0.1, 0.15) is 18.5 Å². The van der Waals surface area contributed by atoms with Gasteiger partial charge in [-0.3, -0.25) is 14.5 Å². The molecule has 0 unspecified atom stereocenters. The molecular formula is C16H20FN3O5. The summed E-state index contributed by atoms with van der Waals surface area (Å²) in [4.78, 5) is 31.7. The van der Waals surface area contributed by atoms with Crippen molar-refractivity contribution in [2.75, 3.05) is 49.2 Å². The van der Waals surface area contributed by atoms with Crippen molar-refractivity contribution >= 4 is 23.4 Å². The summed E-state index contributed by atoms with van der Waals surface area (Å²) in [5, 5.41) is 9.98. The Balaban J connectivity index is 1.73. The average Bonchev–Trinajstić information content (AvgIpc) is 2.79. The van der Waals surface area contributed by atoms with Crippen LogP contribution in [0.5, 0.6) is 0 Å². The van der Waals surface area contributed by atoms with Crippen LogP contribution in [0.25, 0.3) is 0 Å². The summed E-state index contributed by atoms with van der Waals surface area (Å²) < 4.78 is 19.6. The standard InChI is InChI=1S/C16H20FN3O5/c1-11-9-19(16(23)25-11)12-2-3-14(13(17)8-12)18-4-5-20(15(22)10-21)24-7-6-18/h2-3,8,11,21H,4-7,9-10H2,1H3/t11-/m0/s1. The fraction of sp³-hybridized carbons (Fsp3) is 0.500. The predicted molar refractivity (Wildman–Crippen MR) is 86.7 cm³/mol. The molecule has 2 amide bonds. The highest BCUT2D eigenvalue weighted by molar-refractivity contribution is 5.90. The average molecular weight is 353 g/mol. The first-order valence-electron chi connectivity index (χ1n) is 8.06. The van der Waals surface area contributed by atoms with Crippen molar-refractivity contribution in [2.24, 2.45) is 0 Å². The molecule has 3 rings (SSSR count). The van der Waals surface area contributed by atoms with Gasteiger partial charge in [0, 0.05) is 13.1 Å². The quantitative estimate of drug-likeness (QED) is 0.863. The molecule has 1 N–H and O–H groups in total. The molecule has 8 nitrogen and oxygen atoms in total. The summed E-state index contributed by atoms with van der Waals surface area (Å²) in [6.45, 7) is 2.71. The van der Waals surface area contributed by atoms with Crippen LogP contribution < -0.4 is 9.80 Å². The third-order valence-electron chi connectivity index (χ3n) is 4.14. The van der Waals surface area contributed by atoms with E-state index in [1.165, 1.54) is 11.0 Å². The van der Waals surface area contributed by atoms with E-state index in [2.05, 4.69) is 0 Å². The molecule has 0 radical (unpaired) electrons. The van der Waals surface area contributed by atoms with Crippen molar-refractivity contribution in [3.05, 3.63) is 24.0 Å². The number of cyclic esters (lactones) is 1. The monoisotopic (exact) mass is 353 g/mol. The van der Waals surface area contributed by atoms with Crippen LogP contribution in [0.4, 0.5) is 20.6 Å². The molecule has 2 heterocycles. The van der Waals surface area contributed by atoms with Crippen LogP contribution in [0.2, 0.25) is 0 Å². The van der Waals surface area contributed by atoms with Crippen LogP contribution in [-0.4, -0.2) is 67.7 Å². The lowest BCUT2D eigenvalue weighted by atomic mass is 10.2. The molecule has 2 saturated heterocycles. The zero-order valence-corrected chi connectivity index (χ0v) is 13.9. The van der Waals surface area contributed by atoms with Gasteiger partial charge in [-0.25, -0.2) is 14.2 Å². The second-order valence-corrected chi connectivity index (χ2v) is 5.91. The van der Waals surface area contributed by atoms with E-state index in [9.17, 15) is 14.0 Å². The van der Waals surface area contributed by atoms with Crippen molar-refractivity contribution in [1.29, 1.82) is 0 Å². The van der Waals surface area contributed by atoms with E-state index < -0.39 is 24.4 Å². The van der Waals surface area contributed by atoms with Gasteiger partial charge in [0.2, 0.25) is 0 Å². The van der Waals surface area contributed by atoms with Crippen molar-refractivity contribution < 1.29 is 28.7 Å². The van der Waals surface area contributed by atoms with Gasteiger partial charge in [-0.05, 0) is 25.1 Å². The number of aliphatic hydroxyl groups excluding tert-OH is 1. The van der Waals surface area contributed by atoms with Gasteiger partial charge >= 0.3 is 6.09 Å². The number of amides is 2. The van der Waals surface area contributed by atoms with Gasteiger partial charge in [-0.1, -0.05) is 0 Å². The van der Waals surface area contributed by atoms with E-state index in [4.69, 9.17) is 14.7 Å². The summed E-state index contributed by atoms with van der Waals surface area (Å²) in [5.74, 6) is -0.994. The lowest BCUT2D eigenvalue weighted by molar-refractivity contribution is -0.184. The van der Waals surface area contributed by atoms with Gasteiger partial charge in [-0.2, -0.15) is 0 Å². The molecule has 1 aromatic rings. The minimum atomic E-state index is -0.632. The zero-order valence-electron chi connectivity index (χ0n) is 13.9. The Labute approximate surface area is 144 Å². The van der Waals surface area contributed by atoms with E-state index in [-0.39, 0.29) is 19.3 Å². The first-order valence-corrected chi connectivity index (χ1v) is 8.06. The van der Waals surface area contributed by atoms with Crippen LogP contribution in [0.15, 0.2) is 18.2 Å². The molecule has 136 valence electrons. The normalized spacial score (nSPS) is 21.3. The van der Waals surface area contributed by atoms with E-state index >= 15 is 0 Å². The number of hydroxylamine groups is 2. The summed E-state index contributed by atoms with van der Waals surface area (Å²) >= 11 is 0. The number of hydrogen-bond donors (Lipinski definition) is 1. The second kappa shape index (κ2) is 7.24. The SMILES string of the molecule is C[C@H]1CN(c2ccc(N3CCON(C(=O)CO)CC3)c(F)c2)C(=O)O1. The maximum Gasteiger partial charge on any atom is 0.414 e. The third kappa shape index (κ3) is 3.67. The Hall–Kier alpha value is -2.39. The molecule has 2 aliphatic rings. The smallest absolute Gasteiger partial charge is 0.414 e. The largest absolute Gasteiger partial charge is 0.444 e. The number of ether oxygens (including phenoxy) is 1. The molecule has 25 heavy (non-hydrogen) atoms. The summed E-state index contributed by atoms with van der Waals surface area (Å²) in [6.07, 6.45) is -0.714. The third-order valence-corrected chi connectivity index (χ3v) is 4.14. The molecule has 2 fully saturated rings. The highest BCUT2D eigenvalue weighted by Crippen LogP contribution is 2.28. The van der Waals surface area contributed by atoms with Crippen molar-refractivity contribution in [3.63, 3.8) is 0 Å². The van der Waals surface area contributed by atoms with Gasteiger partial charge < -0.3 is 14.7 Å². The van der Waals surface area contributed by atoms with Gasteiger partial charge in [-0.15, -0.1) is 0 Å². The topological polar surface area (TPSA) is 82.5 Å². The number of nitrogens with zero attached hydrogens (tertiary/aromatic N) is 3. The van der Waals surface area contributed by atoms with Crippen LogP contribution in [-0.2, 0) is 14.4 Å². The molecule has 0 aliphatic carbocycles. The van der Waals surface area contributed by atoms with E-state index in [0.29, 0.717) is 31.0 Å². The van der Waals surface area contributed by atoms with Gasteiger partial charge in [0.05, 0.1) is 31.1 Å². The maximum absolute atomic E-state index is 14.6. The predicted octanol–water partition coefficient (Wildman–Crippen LogP) is 0.743. The zero-order chi connectivity index (χ0) is 18.0. The minimum Gasteiger partial charge on any atom is -0.444 e. The minimum absolute atomic E-state index is 0.197. The number of carbonyl (C=O) groups excluding carboxylic acids is 2. The maximum atomic E-state index is 14.6. The highest BCUT2D eigenvalue weighted by Gasteiger charge is 2.30. The Bertz CT molecular complexity index is 671. The van der Waals surface area contributed by atoms with Gasteiger partial charge in [0.15, 0.2) is 0 Å². The van der Waals surface area contributed by atoms with Crippen molar-refractivity contribution in [3.8, 4) is 0 Å². The fourth-order valence-electron chi connectivity index (χ4n) is 2.90. The molecule has 2 aliphatic heterocycles. The lowest BCUT2D eigenvalue weighted by Crippen LogP contribution is -2.36. The number of hydrogen-bond acceptors (Lipinski definition) is 6. The van der Waals surface area contributed by atoms with E-state index in [1.54, 1.807) is 24.0 Å². The Kier molecular flexibility index (Phi) is 5.05. The molecule has 0 saturated carbocycles. The van der Waals surface area contributed by atoms with Crippen molar-refractivity contribution in [2.45, 2.75) is 13.0 Å². The summed E-state index contributed by atoms with van der Waals surface area (Å²) in [5.41, 5.74) is 0.810. The highest BCUT2D eigenvalue weighted by atomic mass is 19.1. The molecule has 9 heteroatoms. The first-order chi connectivity index (χ1) is 12.0. The lowest BCUT2D eigenvalue weighted by Gasteiger charge is -2.23. The molecular weight excluding hydrogens is 333 g/mol. The molecule has 1 atom stereocenters. The number of rotatable bonds is 3. The molecule has 1 aromatic carbocycles. The molecule has 0 aromatic heterocycles. The second-order valence-electron chi connectivity index (χ2n) is 5.91. The van der Waals surface area contributed by atoms with E-state index in [1.807, 2.05) is 0 Å². The number of carbonyl (C=O) groups is 2. The Morgan fingerprint density at radius 1 is 1.36 bits per heavy atom.